The Morgan fingerprint density at radius 3 is 2.55 bits per heavy atom. The fourth-order valence-corrected chi connectivity index (χ4v) is 4.62. The summed E-state index contributed by atoms with van der Waals surface area (Å²) >= 11 is 0. The average molecular weight is 323 g/mol. The van der Waals surface area contributed by atoms with Gasteiger partial charge in [0.25, 0.3) is 5.69 Å². The number of nitro benzene ring substituents is 1. The van der Waals surface area contributed by atoms with E-state index in [1.165, 1.54) is 29.4 Å². The second-order valence-electron chi connectivity index (χ2n) is 5.35. The van der Waals surface area contributed by atoms with E-state index in [1.54, 1.807) is 0 Å². The highest BCUT2D eigenvalue weighted by Gasteiger charge is 2.34. The van der Waals surface area contributed by atoms with Gasteiger partial charge in [0.1, 0.15) is 6.54 Å². The molecule has 0 radical (unpaired) electrons. The lowest BCUT2D eigenvalue weighted by Crippen LogP contribution is -2.39. The molecule has 1 aliphatic rings. The molecule has 0 aliphatic heterocycles. The monoisotopic (exact) mass is 323 g/mol. The molecule has 7 nitrogen and oxygen atoms in total. The van der Waals surface area contributed by atoms with E-state index in [1.807, 2.05) is 6.07 Å². The summed E-state index contributed by atoms with van der Waals surface area (Å²) in [5.41, 5.74) is 0.166. The van der Waals surface area contributed by atoms with Crippen molar-refractivity contribution in [3.8, 4) is 6.07 Å². The molecule has 0 amide bonds. The number of nitrogens with zero attached hydrogens (tertiary/aromatic N) is 3. The van der Waals surface area contributed by atoms with E-state index in [0.29, 0.717) is 5.56 Å². The predicted molar refractivity (Wildman–Crippen MR) is 79.6 cm³/mol. The minimum absolute atomic E-state index is 0.0280. The minimum Gasteiger partial charge on any atom is -0.258 e. The van der Waals surface area contributed by atoms with Gasteiger partial charge in [0.15, 0.2) is 0 Å². The molecular formula is C14H17N3O4S. The molecule has 0 aromatic heterocycles. The van der Waals surface area contributed by atoms with Crippen molar-refractivity contribution in [3.05, 3.63) is 33.9 Å². The Hall–Kier alpha value is -1.98. The van der Waals surface area contributed by atoms with Crippen molar-refractivity contribution in [1.29, 1.82) is 5.26 Å². The van der Waals surface area contributed by atoms with Crippen LogP contribution in [-0.2, 0) is 10.0 Å². The summed E-state index contributed by atoms with van der Waals surface area (Å²) in [4.78, 5) is 10.2. The first-order valence-electron chi connectivity index (χ1n) is 7.01. The Kier molecular flexibility index (Phi) is 4.78. The number of sulfonamides is 1. The number of rotatable bonds is 5. The van der Waals surface area contributed by atoms with Crippen molar-refractivity contribution in [2.24, 2.45) is 0 Å². The molecule has 1 fully saturated rings. The van der Waals surface area contributed by atoms with E-state index in [4.69, 9.17) is 5.26 Å². The van der Waals surface area contributed by atoms with Crippen molar-refractivity contribution >= 4 is 15.7 Å². The van der Waals surface area contributed by atoms with Gasteiger partial charge in [-0.15, -0.1) is 0 Å². The maximum absolute atomic E-state index is 12.8. The van der Waals surface area contributed by atoms with E-state index >= 15 is 0 Å². The molecule has 0 atom stereocenters. The SMILES string of the molecule is Cc1cc([N+](=O)[O-])ccc1S(=O)(=O)N(CC#N)C1CCCC1. The zero-order valence-corrected chi connectivity index (χ0v) is 13.0. The minimum atomic E-state index is -3.83. The van der Waals surface area contributed by atoms with Gasteiger partial charge >= 0.3 is 0 Å². The number of non-ortho nitro benzene ring substituents is 1. The van der Waals surface area contributed by atoms with Gasteiger partial charge < -0.3 is 0 Å². The Bertz CT molecular complexity index is 718. The summed E-state index contributed by atoms with van der Waals surface area (Å²) < 4.78 is 26.9. The van der Waals surface area contributed by atoms with Crippen LogP contribution in [0.1, 0.15) is 31.2 Å². The summed E-state index contributed by atoms with van der Waals surface area (Å²) in [5, 5.41) is 19.7. The molecule has 1 aliphatic carbocycles. The molecule has 2 rings (SSSR count). The quantitative estimate of drug-likeness (QED) is 0.470. The topological polar surface area (TPSA) is 104 Å². The number of hydrogen-bond donors (Lipinski definition) is 0. The fourth-order valence-electron chi connectivity index (χ4n) is 2.84. The number of nitriles is 1. The number of aryl methyl sites for hydroxylation is 1. The molecule has 118 valence electrons. The molecule has 0 spiro atoms. The smallest absolute Gasteiger partial charge is 0.258 e. The molecule has 0 bridgehead atoms. The van der Waals surface area contributed by atoms with E-state index in [9.17, 15) is 18.5 Å². The lowest BCUT2D eigenvalue weighted by molar-refractivity contribution is -0.385. The van der Waals surface area contributed by atoms with Crippen molar-refractivity contribution in [2.45, 2.75) is 43.5 Å². The van der Waals surface area contributed by atoms with E-state index in [0.717, 1.165) is 25.7 Å². The van der Waals surface area contributed by atoms with Gasteiger partial charge in [0.05, 0.1) is 15.9 Å². The van der Waals surface area contributed by atoms with Crippen LogP contribution in [0.2, 0.25) is 0 Å². The second kappa shape index (κ2) is 6.42. The summed E-state index contributed by atoms with van der Waals surface area (Å²) in [6.07, 6.45) is 3.38. The normalized spacial score (nSPS) is 15.9. The lowest BCUT2D eigenvalue weighted by atomic mass is 10.2. The Balaban J connectivity index is 2.43. The summed E-state index contributed by atoms with van der Waals surface area (Å²) in [7, 11) is -3.83. The maximum atomic E-state index is 12.8. The second-order valence-corrected chi connectivity index (χ2v) is 7.21. The van der Waals surface area contributed by atoms with Crippen LogP contribution >= 0.6 is 0 Å². The van der Waals surface area contributed by atoms with Crippen LogP contribution in [0.3, 0.4) is 0 Å². The van der Waals surface area contributed by atoms with Gasteiger partial charge in [-0.25, -0.2) is 8.42 Å². The summed E-state index contributed by atoms with van der Waals surface area (Å²) in [6.45, 7) is 1.32. The first-order valence-corrected chi connectivity index (χ1v) is 8.45. The predicted octanol–water partition coefficient (Wildman–Crippen LogP) is 2.36. The zero-order chi connectivity index (χ0) is 16.3. The summed E-state index contributed by atoms with van der Waals surface area (Å²) in [6, 6.07) is 5.41. The molecule has 0 unspecified atom stereocenters. The molecule has 0 N–H and O–H groups in total. The highest BCUT2D eigenvalue weighted by atomic mass is 32.2. The molecule has 1 saturated carbocycles. The molecule has 22 heavy (non-hydrogen) atoms. The van der Waals surface area contributed by atoms with Gasteiger partial charge in [-0.2, -0.15) is 9.57 Å². The molecule has 1 aromatic rings. The number of hydrogen-bond acceptors (Lipinski definition) is 5. The van der Waals surface area contributed by atoms with Crippen LogP contribution in [0.25, 0.3) is 0 Å². The van der Waals surface area contributed by atoms with Crippen molar-refractivity contribution in [3.63, 3.8) is 0 Å². The first-order chi connectivity index (χ1) is 10.4. The van der Waals surface area contributed by atoms with Crippen LogP contribution in [0.15, 0.2) is 23.1 Å². The van der Waals surface area contributed by atoms with Crippen LogP contribution in [0, 0.1) is 28.4 Å². The summed E-state index contributed by atoms with van der Waals surface area (Å²) in [5.74, 6) is 0. The van der Waals surface area contributed by atoms with Gasteiger partial charge in [0, 0.05) is 18.2 Å². The molecule has 0 saturated heterocycles. The third kappa shape index (κ3) is 3.10. The maximum Gasteiger partial charge on any atom is 0.269 e. The Morgan fingerprint density at radius 1 is 1.41 bits per heavy atom. The molecular weight excluding hydrogens is 306 g/mol. The van der Waals surface area contributed by atoms with E-state index in [2.05, 4.69) is 0 Å². The van der Waals surface area contributed by atoms with Crippen LogP contribution in [0.4, 0.5) is 5.69 Å². The van der Waals surface area contributed by atoms with Crippen LogP contribution in [-0.4, -0.2) is 30.2 Å². The fraction of sp³-hybridized carbons (Fsp3) is 0.500. The highest BCUT2D eigenvalue weighted by molar-refractivity contribution is 7.89. The van der Waals surface area contributed by atoms with Gasteiger partial charge in [-0.1, -0.05) is 12.8 Å². The lowest BCUT2D eigenvalue weighted by Gasteiger charge is -2.26. The van der Waals surface area contributed by atoms with E-state index in [-0.39, 0.29) is 23.2 Å². The van der Waals surface area contributed by atoms with Crippen molar-refractivity contribution in [2.75, 3.05) is 6.54 Å². The van der Waals surface area contributed by atoms with Gasteiger partial charge in [-0.05, 0) is 31.4 Å². The van der Waals surface area contributed by atoms with Gasteiger partial charge in [0.2, 0.25) is 10.0 Å². The van der Waals surface area contributed by atoms with Crippen molar-refractivity contribution < 1.29 is 13.3 Å². The molecule has 8 heteroatoms. The van der Waals surface area contributed by atoms with Crippen LogP contribution in [0.5, 0.6) is 0 Å². The Labute approximate surface area is 129 Å². The van der Waals surface area contributed by atoms with E-state index < -0.39 is 14.9 Å². The third-order valence-electron chi connectivity index (χ3n) is 3.91. The Morgan fingerprint density at radius 2 is 2.05 bits per heavy atom. The third-order valence-corrected chi connectivity index (χ3v) is 5.97. The van der Waals surface area contributed by atoms with Gasteiger partial charge in [-0.3, -0.25) is 10.1 Å². The largest absolute Gasteiger partial charge is 0.269 e. The van der Waals surface area contributed by atoms with Crippen LogP contribution < -0.4 is 0 Å². The van der Waals surface area contributed by atoms with Crippen molar-refractivity contribution in [1.82, 2.24) is 4.31 Å². The number of benzene rings is 1. The standard InChI is InChI=1S/C14H17N3O4S/c1-11-10-13(17(18)19)6-7-14(11)22(20,21)16(9-8-15)12-4-2-3-5-12/h6-7,10,12H,2-5,9H2,1H3. The molecule has 1 aromatic carbocycles. The highest BCUT2D eigenvalue weighted by Crippen LogP contribution is 2.30. The average Bonchev–Trinajstić information content (AvgIpc) is 2.97. The first kappa shape index (κ1) is 16.4. The molecule has 0 heterocycles. The number of nitro groups is 1. The zero-order valence-electron chi connectivity index (χ0n) is 12.2.